The predicted molar refractivity (Wildman–Crippen MR) is 77.2 cm³/mol. The van der Waals surface area contributed by atoms with Crippen LogP contribution in [0.4, 0.5) is 5.69 Å². The molecule has 1 N–H and O–H groups in total. The van der Waals surface area contributed by atoms with Crippen LogP contribution < -0.4 is 5.32 Å². The lowest BCUT2D eigenvalue weighted by Crippen LogP contribution is -2.34. The van der Waals surface area contributed by atoms with Crippen molar-refractivity contribution in [3.8, 4) is 0 Å². The van der Waals surface area contributed by atoms with Crippen LogP contribution in [0.15, 0.2) is 41.0 Å². The SMILES string of the molecule is Cc1c(C(=O)N[C@H](C)Cc2ccco2)cccc1[N+](=O)[O-]. The number of nitrogens with zero attached hydrogens (tertiary/aromatic N) is 1. The summed E-state index contributed by atoms with van der Waals surface area (Å²) in [5.41, 5.74) is 0.627. The second-order valence-electron chi connectivity index (χ2n) is 4.86. The van der Waals surface area contributed by atoms with Crippen molar-refractivity contribution in [3.63, 3.8) is 0 Å². The summed E-state index contributed by atoms with van der Waals surface area (Å²) in [6.07, 6.45) is 2.14. The minimum Gasteiger partial charge on any atom is -0.469 e. The van der Waals surface area contributed by atoms with Gasteiger partial charge in [0.2, 0.25) is 0 Å². The summed E-state index contributed by atoms with van der Waals surface area (Å²) in [6, 6.07) is 7.96. The van der Waals surface area contributed by atoms with E-state index in [4.69, 9.17) is 4.42 Å². The predicted octanol–water partition coefficient (Wildman–Crippen LogP) is 2.86. The molecule has 0 bridgehead atoms. The van der Waals surface area contributed by atoms with E-state index in [-0.39, 0.29) is 17.6 Å². The Morgan fingerprint density at radius 3 is 2.76 bits per heavy atom. The first-order valence-corrected chi connectivity index (χ1v) is 6.56. The number of rotatable bonds is 5. The molecule has 0 saturated carbocycles. The third-order valence-electron chi connectivity index (χ3n) is 3.21. The maximum absolute atomic E-state index is 12.2. The van der Waals surface area contributed by atoms with Gasteiger partial charge in [0.1, 0.15) is 5.76 Å². The Hall–Kier alpha value is -2.63. The quantitative estimate of drug-likeness (QED) is 0.677. The van der Waals surface area contributed by atoms with Crippen LogP contribution in [-0.4, -0.2) is 16.9 Å². The van der Waals surface area contributed by atoms with Crippen molar-refractivity contribution >= 4 is 11.6 Å². The van der Waals surface area contributed by atoms with Gasteiger partial charge in [-0.2, -0.15) is 0 Å². The van der Waals surface area contributed by atoms with Crippen molar-refractivity contribution in [1.82, 2.24) is 5.32 Å². The van der Waals surface area contributed by atoms with Crippen LogP contribution in [0.25, 0.3) is 0 Å². The normalized spacial score (nSPS) is 11.9. The van der Waals surface area contributed by atoms with E-state index in [0.29, 0.717) is 17.5 Å². The number of carbonyl (C=O) groups excluding carboxylic acids is 1. The van der Waals surface area contributed by atoms with Crippen LogP contribution in [0.5, 0.6) is 0 Å². The summed E-state index contributed by atoms with van der Waals surface area (Å²) in [5.74, 6) is 0.453. The Morgan fingerprint density at radius 1 is 1.38 bits per heavy atom. The smallest absolute Gasteiger partial charge is 0.273 e. The molecule has 6 nitrogen and oxygen atoms in total. The Labute approximate surface area is 121 Å². The van der Waals surface area contributed by atoms with Gasteiger partial charge in [-0.15, -0.1) is 0 Å². The van der Waals surface area contributed by atoms with Gasteiger partial charge in [0.05, 0.1) is 11.2 Å². The second-order valence-corrected chi connectivity index (χ2v) is 4.86. The molecule has 1 heterocycles. The van der Waals surface area contributed by atoms with Gasteiger partial charge in [-0.3, -0.25) is 14.9 Å². The Kier molecular flexibility index (Phi) is 4.37. The highest BCUT2D eigenvalue weighted by Gasteiger charge is 2.19. The molecule has 1 atom stereocenters. The Balaban J connectivity index is 2.10. The van der Waals surface area contributed by atoms with Crippen molar-refractivity contribution in [3.05, 3.63) is 63.6 Å². The number of furan rings is 1. The maximum atomic E-state index is 12.2. The number of benzene rings is 1. The molecule has 0 spiro atoms. The molecular weight excluding hydrogens is 272 g/mol. The molecule has 0 saturated heterocycles. The van der Waals surface area contributed by atoms with Gasteiger partial charge in [-0.1, -0.05) is 6.07 Å². The number of carbonyl (C=O) groups is 1. The van der Waals surface area contributed by atoms with E-state index >= 15 is 0 Å². The van der Waals surface area contributed by atoms with Gasteiger partial charge in [0.15, 0.2) is 0 Å². The van der Waals surface area contributed by atoms with E-state index < -0.39 is 4.92 Å². The first-order chi connectivity index (χ1) is 9.99. The highest BCUT2D eigenvalue weighted by molar-refractivity contribution is 5.96. The van der Waals surface area contributed by atoms with Gasteiger partial charge < -0.3 is 9.73 Å². The summed E-state index contributed by atoms with van der Waals surface area (Å²) in [5, 5.41) is 13.7. The molecule has 0 fully saturated rings. The minimum atomic E-state index is -0.488. The van der Waals surface area contributed by atoms with Crippen molar-refractivity contribution in [1.29, 1.82) is 0 Å². The molecule has 0 aliphatic heterocycles. The molecule has 0 aliphatic carbocycles. The Bertz CT molecular complexity index is 650. The molecule has 21 heavy (non-hydrogen) atoms. The molecule has 6 heteroatoms. The lowest BCUT2D eigenvalue weighted by atomic mass is 10.1. The highest BCUT2D eigenvalue weighted by atomic mass is 16.6. The summed E-state index contributed by atoms with van der Waals surface area (Å²) >= 11 is 0. The third kappa shape index (κ3) is 3.47. The summed E-state index contributed by atoms with van der Waals surface area (Å²) < 4.78 is 5.23. The summed E-state index contributed by atoms with van der Waals surface area (Å²) in [7, 11) is 0. The first-order valence-electron chi connectivity index (χ1n) is 6.56. The zero-order valence-electron chi connectivity index (χ0n) is 11.8. The number of nitro benzene ring substituents is 1. The van der Waals surface area contributed by atoms with Crippen molar-refractivity contribution < 1.29 is 14.1 Å². The number of hydrogen-bond donors (Lipinski definition) is 1. The molecule has 1 aromatic heterocycles. The fraction of sp³-hybridized carbons (Fsp3) is 0.267. The fourth-order valence-corrected chi connectivity index (χ4v) is 2.15. The number of nitrogens with one attached hydrogen (secondary N) is 1. The van der Waals surface area contributed by atoms with E-state index in [9.17, 15) is 14.9 Å². The second kappa shape index (κ2) is 6.21. The van der Waals surface area contributed by atoms with Crippen LogP contribution in [0, 0.1) is 17.0 Å². The topological polar surface area (TPSA) is 85.4 Å². The van der Waals surface area contributed by atoms with Gasteiger partial charge in [0.25, 0.3) is 11.6 Å². The summed E-state index contributed by atoms with van der Waals surface area (Å²) in [6.45, 7) is 3.43. The van der Waals surface area contributed by atoms with Crippen LogP contribution >= 0.6 is 0 Å². The first kappa shape index (κ1) is 14.8. The zero-order chi connectivity index (χ0) is 15.4. The summed E-state index contributed by atoms with van der Waals surface area (Å²) in [4.78, 5) is 22.6. The van der Waals surface area contributed by atoms with Crippen LogP contribution in [0.1, 0.15) is 28.6 Å². The van der Waals surface area contributed by atoms with E-state index in [0.717, 1.165) is 5.76 Å². The van der Waals surface area contributed by atoms with E-state index in [1.807, 2.05) is 13.0 Å². The van der Waals surface area contributed by atoms with Gasteiger partial charge >= 0.3 is 0 Å². The molecule has 1 amide bonds. The lowest BCUT2D eigenvalue weighted by Gasteiger charge is -2.13. The molecule has 2 aromatic rings. The molecular formula is C15H16N2O4. The average molecular weight is 288 g/mol. The molecule has 110 valence electrons. The van der Waals surface area contributed by atoms with E-state index in [1.165, 1.54) is 12.1 Å². The van der Waals surface area contributed by atoms with Gasteiger partial charge in [-0.05, 0) is 32.0 Å². The number of amides is 1. The minimum absolute atomic E-state index is 0.0543. The molecule has 0 radical (unpaired) electrons. The van der Waals surface area contributed by atoms with Gasteiger partial charge in [-0.25, -0.2) is 0 Å². The largest absolute Gasteiger partial charge is 0.469 e. The zero-order valence-corrected chi connectivity index (χ0v) is 11.8. The Morgan fingerprint density at radius 2 is 2.14 bits per heavy atom. The molecule has 2 rings (SSSR count). The van der Waals surface area contributed by atoms with Crippen molar-refractivity contribution in [2.45, 2.75) is 26.3 Å². The average Bonchev–Trinajstić information content (AvgIpc) is 2.91. The fourth-order valence-electron chi connectivity index (χ4n) is 2.15. The standard InChI is InChI=1S/C15H16N2O4/c1-10(9-12-5-4-8-21-12)16-15(18)13-6-3-7-14(11(13)2)17(19)20/h3-8,10H,9H2,1-2H3,(H,16,18)/t10-/m1/s1. The van der Waals surface area contributed by atoms with Crippen LogP contribution in [0.3, 0.4) is 0 Å². The highest BCUT2D eigenvalue weighted by Crippen LogP contribution is 2.21. The van der Waals surface area contributed by atoms with Gasteiger partial charge in [0, 0.05) is 29.7 Å². The molecule has 0 aliphatic rings. The maximum Gasteiger partial charge on any atom is 0.273 e. The van der Waals surface area contributed by atoms with E-state index in [1.54, 1.807) is 25.3 Å². The molecule has 1 aromatic carbocycles. The van der Waals surface area contributed by atoms with Crippen LogP contribution in [0.2, 0.25) is 0 Å². The lowest BCUT2D eigenvalue weighted by molar-refractivity contribution is -0.385. The van der Waals surface area contributed by atoms with E-state index in [2.05, 4.69) is 5.32 Å². The monoisotopic (exact) mass is 288 g/mol. The number of nitro groups is 1. The number of hydrogen-bond acceptors (Lipinski definition) is 4. The third-order valence-corrected chi connectivity index (χ3v) is 3.21. The molecule has 0 unspecified atom stereocenters. The van der Waals surface area contributed by atoms with Crippen molar-refractivity contribution in [2.75, 3.05) is 0 Å². The van der Waals surface area contributed by atoms with Crippen molar-refractivity contribution in [2.24, 2.45) is 0 Å². The van der Waals surface area contributed by atoms with Crippen LogP contribution in [-0.2, 0) is 6.42 Å².